The van der Waals surface area contributed by atoms with Gasteiger partial charge in [-0.1, -0.05) is 19.3 Å². The Morgan fingerprint density at radius 1 is 1.11 bits per heavy atom. The maximum atomic E-state index is 12.8. The lowest BCUT2D eigenvalue weighted by atomic mass is 9.94. The van der Waals surface area contributed by atoms with Crippen LogP contribution in [0.4, 0.5) is 0 Å². The number of aliphatic carboxylic acids is 1. The summed E-state index contributed by atoms with van der Waals surface area (Å²) in [7, 11) is 0. The Kier molecular flexibility index (Phi) is 6.15. The fourth-order valence-electron chi connectivity index (χ4n) is 3.57. The van der Waals surface area contributed by atoms with Gasteiger partial charge in [-0.25, -0.2) is 0 Å². The molecule has 0 atom stereocenters. The molecule has 1 heterocycles. The second kappa shape index (κ2) is 8.56. The van der Waals surface area contributed by atoms with Gasteiger partial charge in [-0.05, 0) is 31.0 Å². The topological polar surface area (TPSA) is 104 Å². The smallest absolute Gasteiger partial charge is 0.313 e. The van der Waals surface area contributed by atoms with Crippen molar-refractivity contribution < 1.29 is 24.3 Å². The summed E-state index contributed by atoms with van der Waals surface area (Å²) in [5.74, 6) is -1.34. The van der Waals surface area contributed by atoms with Crippen LogP contribution in [0.3, 0.4) is 0 Å². The van der Waals surface area contributed by atoms with Gasteiger partial charge in [0.1, 0.15) is 0 Å². The zero-order valence-corrected chi connectivity index (χ0v) is 15.7. The number of hydrogen-bond acceptors (Lipinski definition) is 5. The number of carbonyl (C=O) groups is 4. The number of hydrogen-bond donors (Lipinski definition) is 2. The molecule has 2 N–H and O–H groups in total. The van der Waals surface area contributed by atoms with E-state index in [2.05, 4.69) is 5.32 Å². The largest absolute Gasteiger partial charge is 0.481 e. The van der Waals surface area contributed by atoms with Crippen LogP contribution in [-0.4, -0.2) is 57.8 Å². The van der Waals surface area contributed by atoms with Crippen molar-refractivity contribution in [2.45, 2.75) is 38.1 Å². The first-order valence-electron chi connectivity index (χ1n) is 9.08. The van der Waals surface area contributed by atoms with Crippen LogP contribution < -0.4 is 5.32 Å². The molecule has 3 rings (SSSR count). The van der Waals surface area contributed by atoms with Crippen LogP contribution in [0.25, 0.3) is 0 Å². The summed E-state index contributed by atoms with van der Waals surface area (Å²) < 4.78 is 0. The van der Waals surface area contributed by atoms with Gasteiger partial charge in [0.15, 0.2) is 0 Å². The van der Waals surface area contributed by atoms with Gasteiger partial charge in [0, 0.05) is 23.9 Å². The van der Waals surface area contributed by atoms with Crippen LogP contribution in [0, 0.1) is 0 Å². The number of fused-ring (bicyclic) bond motifs is 1. The molecule has 0 spiro atoms. The van der Waals surface area contributed by atoms with Crippen molar-refractivity contribution in [1.29, 1.82) is 0 Å². The fourth-order valence-corrected chi connectivity index (χ4v) is 4.14. The molecule has 144 valence electrons. The van der Waals surface area contributed by atoms with Gasteiger partial charge in [-0.15, -0.1) is 11.8 Å². The zero-order chi connectivity index (χ0) is 19.4. The second-order valence-electron chi connectivity index (χ2n) is 6.73. The molecule has 1 aromatic carbocycles. The Morgan fingerprint density at radius 3 is 2.52 bits per heavy atom. The highest BCUT2D eigenvalue weighted by atomic mass is 32.2. The molecule has 0 aromatic heterocycles. The predicted octanol–water partition coefficient (Wildman–Crippen LogP) is 2.16. The molecule has 2 aliphatic rings. The molecule has 8 heteroatoms. The van der Waals surface area contributed by atoms with E-state index < -0.39 is 5.97 Å². The molecule has 0 unspecified atom stereocenters. The molecule has 1 saturated carbocycles. The monoisotopic (exact) mass is 390 g/mol. The van der Waals surface area contributed by atoms with Crippen LogP contribution in [-0.2, 0) is 4.79 Å². The molecule has 7 nitrogen and oxygen atoms in total. The Labute approximate surface area is 161 Å². The molecule has 1 aliphatic heterocycles. The average molecular weight is 390 g/mol. The lowest BCUT2D eigenvalue weighted by molar-refractivity contribution is -0.133. The number of carboxylic acid groups (broad SMARTS) is 1. The van der Waals surface area contributed by atoms with E-state index in [0.717, 1.165) is 32.1 Å². The molecule has 0 bridgehead atoms. The summed E-state index contributed by atoms with van der Waals surface area (Å²) in [6.07, 6.45) is 4.85. The third-order valence-corrected chi connectivity index (χ3v) is 5.82. The quantitative estimate of drug-likeness (QED) is 0.546. The van der Waals surface area contributed by atoms with Crippen molar-refractivity contribution >= 4 is 35.5 Å². The minimum absolute atomic E-state index is 0.0116. The average Bonchev–Trinajstić information content (AvgIpc) is 2.92. The molecular formula is C19H22N2O5S. The molecule has 27 heavy (non-hydrogen) atoms. The van der Waals surface area contributed by atoms with E-state index in [1.54, 1.807) is 12.1 Å². The normalized spacial score (nSPS) is 17.1. The Morgan fingerprint density at radius 2 is 1.81 bits per heavy atom. The van der Waals surface area contributed by atoms with Gasteiger partial charge in [-0.3, -0.25) is 24.1 Å². The summed E-state index contributed by atoms with van der Waals surface area (Å²) in [6, 6.07) is 4.54. The first-order chi connectivity index (χ1) is 13.0. The highest BCUT2D eigenvalue weighted by Gasteiger charge is 2.40. The minimum Gasteiger partial charge on any atom is -0.481 e. The number of imide groups is 1. The molecule has 1 aromatic rings. The molecule has 1 aliphatic carbocycles. The van der Waals surface area contributed by atoms with Crippen LogP contribution >= 0.6 is 11.8 Å². The van der Waals surface area contributed by atoms with Crippen molar-refractivity contribution in [2.24, 2.45) is 0 Å². The fraction of sp³-hybridized carbons (Fsp3) is 0.474. The first kappa shape index (κ1) is 19.4. The van der Waals surface area contributed by atoms with Crippen molar-refractivity contribution in [2.75, 3.05) is 18.1 Å². The molecular weight excluding hydrogens is 368 g/mol. The van der Waals surface area contributed by atoms with Crippen LogP contribution in [0.15, 0.2) is 18.2 Å². The third kappa shape index (κ3) is 4.32. The van der Waals surface area contributed by atoms with E-state index in [0.29, 0.717) is 29.0 Å². The summed E-state index contributed by atoms with van der Waals surface area (Å²) in [6.45, 7) is 0.328. The first-order valence-corrected chi connectivity index (χ1v) is 10.2. The van der Waals surface area contributed by atoms with E-state index in [1.165, 1.54) is 22.7 Å². The van der Waals surface area contributed by atoms with Crippen LogP contribution in [0.2, 0.25) is 0 Å². The number of carbonyl (C=O) groups excluding carboxylic acids is 3. The maximum Gasteiger partial charge on any atom is 0.313 e. The molecule has 1 fully saturated rings. The molecule has 0 radical (unpaired) electrons. The molecule has 3 amide bonds. The number of benzene rings is 1. The SMILES string of the molecule is O=C(O)CSCCNC(=O)c1ccc2c(c1)C(=O)N(C1CCCCC1)C2=O. The Balaban J connectivity index is 1.64. The van der Waals surface area contributed by atoms with Crippen LogP contribution in [0.1, 0.15) is 63.2 Å². The Bertz CT molecular complexity index is 773. The summed E-state index contributed by atoms with van der Waals surface area (Å²) in [5.41, 5.74) is 0.973. The number of amides is 3. The van der Waals surface area contributed by atoms with Crippen molar-refractivity contribution in [3.63, 3.8) is 0 Å². The van der Waals surface area contributed by atoms with E-state index >= 15 is 0 Å². The van der Waals surface area contributed by atoms with Gasteiger partial charge in [0.25, 0.3) is 17.7 Å². The number of nitrogens with zero attached hydrogens (tertiary/aromatic N) is 1. The summed E-state index contributed by atoms with van der Waals surface area (Å²) >= 11 is 1.22. The van der Waals surface area contributed by atoms with E-state index in [4.69, 9.17) is 5.11 Å². The summed E-state index contributed by atoms with van der Waals surface area (Å²) in [4.78, 5) is 49.5. The van der Waals surface area contributed by atoms with Crippen molar-refractivity contribution in [3.05, 3.63) is 34.9 Å². The van der Waals surface area contributed by atoms with Gasteiger partial charge in [0.05, 0.1) is 16.9 Å². The highest BCUT2D eigenvalue weighted by Crippen LogP contribution is 2.31. The van der Waals surface area contributed by atoms with Gasteiger partial charge in [0.2, 0.25) is 0 Å². The maximum absolute atomic E-state index is 12.8. The lowest BCUT2D eigenvalue weighted by Gasteiger charge is -2.29. The van der Waals surface area contributed by atoms with E-state index in [1.807, 2.05) is 0 Å². The number of rotatable bonds is 7. The number of carboxylic acids is 1. The van der Waals surface area contributed by atoms with Crippen molar-refractivity contribution in [3.8, 4) is 0 Å². The predicted molar refractivity (Wildman–Crippen MR) is 101 cm³/mol. The van der Waals surface area contributed by atoms with E-state index in [9.17, 15) is 19.2 Å². The molecule has 0 saturated heterocycles. The lowest BCUT2D eigenvalue weighted by Crippen LogP contribution is -2.40. The van der Waals surface area contributed by atoms with E-state index in [-0.39, 0.29) is 29.5 Å². The van der Waals surface area contributed by atoms with Gasteiger partial charge < -0.3 is 10.4 Å². The van der Waals surface area contributed by atoms with Crippen molar-refractivity contribution in [1.82, 2.24) is 10.2 Å². The zero-order valence-electron chi connectivity index (χ0n) is 14.9. The number of thioether (sulfide) groups is 1. The third-order valence-electron chi connectivity index (χ3n) is 4.88. The second-order valence-corrected chi connectivity index (χ2v) is 7.84. The van der Waals surface area contributed by atoms with Crippen LogP contribution in [0.5, 0.6) is 0 Å². The minimum atomic E-state index is -0.893. The highest BCUT2D eigenvalue weighted by molar-refractivity contribution is 7.99. The Hall–Kier alpha value is -2.35. The van der Waals surface area contributed by atoms with Gasteiger partial charge in [-0.2, -0.15) is 0 Å². The number of nitrogens with one attached hydrogen (secondary N) is 1. The van der Waals surface area contributed by atoms with Gasteiger partial charge >= 0.3 is 5.97 Å². The summed E-state index contributed by atoms with van der Waals surface area (Å²) in [5, 5.41) is 11.3. The standard InChI is InChI=1S/C19H22N2O5S/c22-16(23)11-27-9-8-20-17(24)12-6-7-14-15(10-12)19(26)21(18(14)25)13-4-2-1-3-5-13/h6-7,10,13H,1-5,8-9,11H2,(H,20,24)(H,22,23).